The van der Waals surface area contributed by atoms with Gasteiger partial charge < -0.3 is 10.1 Å². The van der Waals surface area contributed by atoms with Crippen LogP contribution >= 0.6 is 23.1 Å². The van der Waals surface area contributed by atoms with Gasteiger partial charge in [0.2, 0.25) is 5.91 Å². The normalized spacial score (nSPS) is 10.8. The fraction of sp³-hybridized carbons (Fsp3) is 0.300. The number of aryl methyl sites for hydroxylation is 2. The second-order valence-corrected chi connectivity index (χ2v) is 8.21. The SMILES string of the molecule is CCOC(=O)c1sc(NC(=O)CCSc2cc(C)c3ccccc3n2)nc1C. The number of carbonyl (C=O) groups excluding carboxylic acids is 2. The summed E-state index contributed by atoms with van der Waals surface area (Å²) in [5.74, 6) is 0.0478. The average Bonchev–Trinajstić information content (AvgIpc) is 3.02. The van der Waals surface area contributed by atoms with E-state index in [0.717, 1.165) is 27.3 Å². The van der Waals surface area contributed by atoms with Crippen molar-refractivity contribution < 1.29 is 14.3 Å². The number of anilines is 1. The van der Waals surface area contributed by atoms with Crippen LogP contribution in [0.25, 0.3) is 10.9 Å². The number of esters is 1. The third-order valence-corrected chi connectivity index (χ3v) is 5.95. The van der Waals surface area contributed by atoms with Crippen molar-refractivity contribution in [3.8, 4) is 0 Å². The Kier molecular flexibility index (Phi) is 6.64. The van der Waals surface area contributed by atoms with Crippen molar-refractivity contribution in [2.75, 3.05) is 17.7 Å². The first kappa shape index (κ1) is 20.3. The lowest BCUT2D eigenvalue weighted by molar-refractivity contribution is -0.115. The van der Waals surface area contributed by atoms with Gasteiger partial charge in [0.25, 0.3) is 0 Å². The highest BCUT2D eigenvalue weighted by molar-refractivity contribution is 7.99. The maximum Gasteiger partial charge on any atom is 0.350 e. The molecular weight excluding hydrogens is 394 g/mol. The Morgan fingerprint density at radius 2 is 2.00 bits per heavy atom. The first-order valence-electron chi connectivity index (χ1n) is 8.91. The maximum atomic E-state index is 12.2. The van der Waals surface area contributed by atoms with Gasteiger partial charge in [-0.15, -0.1) is 11.8 Å². The molecule has 3 aromatic rings. The molecule has 0 spiro atoms. The fourth-order valence-electron chi connectivity index (χ4n) is 2.66. The lowest BCUT2D eigenvalue weighted by Gasteiger charge is -2.06. The smallest absolute Gasteiger partial charge is 0.350 e. The number of benzene rings is 1. The van der Waals surface area contributed by atoms with Crippen LogP contribution in [-0.4, -0.2) is 34.2 Å². The number of pyridine rings is 1. The molecule has 0 bridgehead atoms. The average molecular weight is 416 g/mol. The number of thiazole rings is 1. The molecule has 0 radical (unpaired) electrons. The molecule has 2 heterocycles. The van der Waals surface area contributed by atoms with E-state index in [1.807, 2.05) is 24.3 Å². The van der Waals surface area contributed by atoms with E-state index in [-0.39, 0.29) is 5.91 Å². The van der Waals surface area contributed by atoms with Crippen LogP contribution in [0.2, 0.25) is 0 Å². The predicted octanol–water partition coefficient (Wildman–Crippen LogP) is 4.61. The minimum absolute atomic E-state index is 0.144. The highest BCUT2D eigenvalue weighted by atomic mass is 32.2. The van der Waals surface area contributed by atoms with E-state index < -0.39 is 5.97 Å². The number of ether oxygens (including phenoxy) is 1. The summed E-state index contributed by atoms with van der Waals surface area (Å²) in [6.07, 6.45) is 0.325. The summed E-state index contributed by atoms with van der Waals surface area (Å²) >= 11 is 2.68. The van der Waals surface area contributed by atoms with Crippen molar-refractivity contribution in [2.45, 2.75) is 32.2 Å². The molecule has 0 unspecified atom stereocenters. The van der Waals surface area contributed by atoms with Gasteiger partial charge >= 0.3 is 5.97 Å². The summed E-state index contributed by atoms with van der Waals surface area (Å²) < 4.78 is 4.99. The third kappa shape index (κ3) is 4.88. The third-order valence-electron chi connectivity index (χ3n) is 3.98. The zero-order chi connectivity index (χ0) is 20.1. The molecule has 8 heteroatoms. The minimum atomic E-state index is -0.411. The van der Waals surface area contributed by atoms with E-state index in [1.165, 1.54) is 5.56 Å². The summed E-state index contributed by atoms with van der Waals surface area (Å²) in [5, 5.41) is 5.21. The molecule has 28 heavy (non-hydrogen) atoms. The van der Waals surface area contributed by atoms with Gasteiger partial charge in [0, 0.05) is 17.6 Å². The highest BCUT2D eigenvalue weighted by Gasteiger charge is 2.17. The number of amides is 1. The van der Waals surface area contributed by atoms with E-state index >= 15 is 0 Å². The minimum Gasteiger partial charge on any atom is -0.462 e. The molecule has 1 amide bonds. The van der Waals surface area contributed by atoms with Crippen LogP contribution in [0.5, 0.6) is 0 Å². The summed E-state index contributed by atoms with van der Waals surface area (Å²) in [5.41, 5.74) is 2.69. The molecular formula is C20H21N3O3S2. The number of thioether (sulfide) groups is 1. The van der Waals surface area contributed by atoms with E-state index in [4.69, 9.17) is 4.74 Å². The first-order valence-corrected chi connectivity index (χ1v) is 10.7. The Hall–Kier alpha value is -2.45. The van der Waals surface area contributed by atoms with Crippen LogP contribution in [0, 0.1) is 13.8 Å². The number of aromatic nitrogens is 2. The lowest BCUT2D eigenvalue weighted by atomic mass is 10.1. The van der Waals surface area contributed by atoms with Gasteiger partial charge in [0.05, 0.1) is 22.8 Å². The largest absolute Gasteiger partial charge is 0.462 e. The zero-order valence-corrected chi connectivity index (χ0v) is 17.6. The zero-order valence-electron chi connectivity index (χ0n) is 15.9. The molecule has 0 aliphatic rings. The van der Waals surface area contributed by atoms with Crippen LogP contribution in [0.15, 0.2) is 35.4 Å². The Bertz CT molecular complexity index is 1020. The molecule has 146 valence electrons. The number of nitrogens with one attached hydrogen (secondary N) is 1. The molecule has 6 nitrogen and oxygen atoms in total. The Balaban J connectivity index is 1.55. The first-order chi connectivity index (χ1) is 13.5. The van der Waals surface area contributed by atoms with Gasteiger partial charge in [-0.05, 0) is 38.5 Å². The number of hydrogen-bond donors (Lipinski definition) is 1. The standard InChI is InChI=1S/C20H21N3O3S2/c1-4-26-19(25)18-13(3)21-20(28-18)23-16(24)9-10-27-17-11-12(2)14-7-5-6-8-15(14)22-17/h5-8,11H,4,9-10H2,1-3H3,(H,21,23,24). The topological polar surface area (TPSA) is 81.2 Å². The molecule has 2 aromatic heterocycles. The molecule has 0 aliphatic heterocycles. The summed E-state index contributed by atoms with van der Waals surface area (Å²) in [7, 11) is 0. The Morgan fingerprint density at radius 1 is 1.21 bits per heavy atom. The number of rotatable bonds is 7. The van der Waals surface area contributed by atoms with Crippen molar-refractivity contribution in [3.63, 3.8) is 0 Å². The van der Waals surface area contributed by atoms with Crippen molar-refractivity contribution in [1.29, 1.82) is 0 Å². The predicted molar refractivity (Wildman–Crippen MR) is 113 cm³/mol. The number of carbonyl (C=O) groups is 2. The molecule has 0 saturated heterocycles. The van der Waals surface area contributed by atoms with Gasteiger partial charge in [-0.2, -0.15) is 0 Å². The van der Waals surface area contributed by atoms with E-state index in [2.05, 4.69) is 28.3 Å². The fourth-order valence-corrected chi connectivity index (χ4v) is 4.45. The number of nitrogens with zero attached hydrogens (tertiary/aromatic N) is 2. The monoisotopic (exact) mass is 415 g/mol. The lowest BCUT2D eigenvalue weighted by Crippen LogP contribution is -2.12. The van der Waals surface area contributed by atoms with E-state index in [0.29, 0.717) is 34.5 Å². The Labute approximate surface area is 171 Å². The number of para-hydroxylation sites is 1. The molecule has 0 fully saturated rings. The molecule has 3 rings (SSSR count). The Morgan fingerprint density at radius 3 is 2.79 bits per heavy atom. The van der Waals surface area contributed by atoms with Gasteiger partial charge in [-0.3, -0.25) is 4.79 Å². The van der Waals surface area contributed by atoms with E-state index in [9.17, 15) is 9.59 Å². The van der Waals surface area contributed by atoms with Crippen LogP contribution in [0.1, 0.15) is 34.3 Å². The van der Waals surface area contributed by atoms with Crippen LogP contribution in [0.4, 0.5) is 5.13 Å². The highest BCUT2D eigenvalue weighted by Crippen LogP contribution is 2.25. The van der Waals surface area contributed by atoms with Crippen LogP contribution < -0.4 is 5.32 Å². The van der Waals surface area contributed by atoms with Crippen molar-refractivity contribution in [1.82, 2.24) is 9.97 Å². The van der Waals surface area contributed by atoms with Gasteiger partial charge in [0.15, 0.2) is 5.13 Å². The van der Waals surface area contributed by atoms with Crippen molar-refractivity contribution in [2.24, 2.45) is 0 Å². The summed E-state index contributed by atoms with van der Waals surface area (Å²) in [6.45, 7) is 5.84. The molecule has 1 N–H and O–H groups in total. The summed E-state index contributed by atoms with van der Waals surface area (Å²) in [6, 6.07) is 10.1. The molecule has 1 aromatic carbocycles. The maximum absolute atomic E-state index is 12.2. The van der Waals surface area contributed by atoms with Crippen molar-refractivity contribution in [3.05, 3.63) is 46.5 Å². The number of hydrogen-bond acceptors (Lipinski definition) is 7. The number of fused-ring (bicyclic) bond motifs is 1. The molecule has 0 saturated carbocycles. The second kappa shape index (κ2) is 9.16. The molecule has 0 aliphatic carbocycles. The second-order valence-electron chi connectivity index (χ2n) is 6.10. The van der Waals surface area contributed by atoms with Gasteiger partial charge in [-0.25, -0.2) is 14.8 Å². The molecule has 0 atom stereocenters. The van der Waals surface area contributed by atoms with Crippen LogP contribution in [0.3, 0.4) is 0 Å². The summed E-state index contributed by atoms with van der Waals surface area (Å²) in [4.78, 5) is 33.3. The van der Waals surface area contributed by atoms with E-state index in [1.54, 1.807) is 25.6 Å². The van der Waals surface area contributed by atoms with Gasteiger partial charge in [0.1, 0.15) is 4.88 Å². The quantitative estimate of drug-likeness (QED) is 0.448. The van der Waals surface area contributed by atoms with Gasteiger partial charge in [-0.1, -0.05) is 29.5 Å². The van der Waals surface area contributed by atoms with Crippen molar-refractivity contribution >= 4 is 51.0 Å². The van der Waals surface area contributed by atoms with Crippen LogP contribution in [-0.2, 0) is 9.53 Å².